The van der Waals surface area contributed by atoms with Gasteiger partial charge in [0.1, 0.15) is 11.6 Å². The fourth-order valence-corrected chi connectivity index (χ4v) is 3.59. The number of hydrogen-bond donors (Lipinski definition) is 2. The molecule has 0 spiro atoms. The van der Waals surface area contributed by atoms with Crippen LogP contribution in [0.3, 0.4) is 0 Å². The van der Waals surface area contributed by atoms with Crippen LogP contribution in [0.4, 0.5) is 15.8 Å². The molecule has 31 heavy (non-hydrogen) atoms. The first-order valence-electron chi connectivity index (χ1n) is 9.66. The predicted octanol–water partition coefficient (Wildman–Crippen LogP) is 4.85. The maximum absolute atomic E-state index is 13.3. The maximum Gasteiger partial charge on any atom is 0.230 e. The first-order chi connectivity index (χ1) is 15.1. The van der Waals surface area contributed by atoms with E-state index >= 15 is 0 Å². The van der Waals surface area contributed by atoms with Gasteiger partial charge in [0.25, 0.3) is 0 Å². The number of carbonyl (C=O) groups excluding carboxylic acids is 1. The van der Waals surface area contributed by atoms with Crippen molar-refractivity contribution in [1.82, 2.24) is 9.55 Å². The van der Waals surface area contributed by atoms with Crippen molar-refractivity contribution >= 4 is 23.0 Å². The largest absolute Gasteiger partial charge is 0.507 e. The third-order valence-corrected chi connectivity index (χ3v) is 5.11. The van der Waals surface area contributed by atoms with Crippen molar-refractivity contribution in [2.24, 2.45) is 4.99 Å². The van der Waals surface area contributed by atoms with Gasteiger partial charge < -0.3 is 15.0 Å². The fraction of sp³-hybridized carbons (Fsp3) is 0.0417. The Morgan fingerprint density at radius 2 is 1.87 bits per heavy atom. The summed E-state index contributed by atoms with van der Waals surface area (Å²) in [5, 5.41) is 13.4. The number of aromatic hydroxyl groups is 1. The zero-order valence-electron chi connectivity index (χ0n) is 16.3. The molecule has 1 aromatic heterocycles. The first-order valence-corrected chi connectivity index (χ1v) is 9.66. The standard InChI is InChI=1S/C24H17FN4O2/c25-17-6-4-15(5-7-17)19-11-21-22(12-23(19)30)27-20(13-24(31)28-21)16-2-1-3-18(10-16)29-9-8-26-14-29/h1-12,14,30H,13H2,(H,28,31). The Bertz CT molecular complexity index is 1310. The second kappa shape index (κ2) is 7.53. The van der Waals surface area contributed by atoms with Gasteiger partial charge in [-0.25, -0.2) is 14.4 Å². The van der Waals surface area contributed by atoms with Crippen LogP contribution in [0.2, 0.25) is 0 Å². The summed E-state index contributed by atoms with van der Waals surface area (Å²) < 4.78 is 15.1. The van der Waals surface area contributed by atoms with E-state index in [1.165, 1.54) is 18.2 Å². The average Bonchev–Trinajstić information content (AvgIpc) is 3.25. The van der Waals surface area contributed by atoms with Crippen molar-refractivity contribution < 1.29 is 14.3 Å². The first kappa shape index (κ1) is 18.7. The monoisotopic (exact) mass is 412 g/mol. The van der Waals surface area contributed by atoms with E-state index in [-0.39, 0.29) is 23.9 Å². The fourth-order valence-electron chi connectivity index (χ4n) is 3.59. The van der Waals surface area contributed by atoms with Gasteiger partial charge in [0.15, 0.2) is 0 Å². The number of nitrogens with one attached hydrogen (secondary N) is 1. The van der Waals surface area contributed by atoms with Crippen LogP contribution in [0.25, 0.3) is 16.8 Å². The number of phenolic OH excluding ortho intramolecular Hbond substituents is 1. The second-order valence-corrected chi connectivity index (χ2v) is 7.20. The topological polar surface area (TPSA) is 79.5 Å². The van der Waals surface area contributed by atoms with E-state index in [2.05, 4.69) is 15.3 Å². The minimum atomic E-state index is -0.363. The Morgan fingerprint density at radius 1 is 1.03 bits per heavy atom. The summed E-state index contributed by atoms with van der Waals surface area (Å²) in [6, 6.07) is 16.6. The van der Waals surface area contributed by atoms with Crippen LogP contribution < -0.4 is 5.32 Å². The number of amides is 1. The van der Waals surface area contributed by atoms with Crippen molar-refractivity contribution in [3.05, 3.63) is 90.8 Å². The number of carbonyl (C=O) groups is 1. The SMILES string of the molecule is O=C1CC(c2cccc(-n3ccnc3)c2)=Nc2cc(O)c(-c3ccc(F)cc3)cc2N1. The highest BCUT2D eigenvalue weighted by atomic mass is 19.1. The molecule has 3 aromatic carbocycles. The van der Waals surface area contributed by atoms with E-state index < -0.39 is 0 Å². The average molecular weight is 412 g/mol. The number of imidazole rings is 1. The molecule has 1 amide bonds. The summed E-state index contributed by atoms with van der Waals surface area (Å²) in [5.41, 5.74) is 4.36. The second-order valence-electron chi connectivity index (χ2n) is 7.20. The number of nitrogens with zero attached hydrogens (tertiary/aromatic N) is 3. The molecule has 0 unspecified atom stereocenters. The zero-order chi connectivity index (χ0) is 21.4. The van der Waals surface area contributed by atoms with Crippen LogP contribution in [0, 0.1) is 5.82 Å². The Hall–Kier alpha value is -4.26. The van der Waals surface area contributed by atoms with E-state index in [0.29, 0.717) is 28.2 Å². The zero-order valence-corrected chi connectivity index (χ0v) is 16.3. The summed E-state index contributed by atoms with van der Waals surface area (Å²) in [6.07, 6.45) is 5.33. The van der Waals surface area contributed by atoms with Gasteiger partial charge in [-0.1, -0.05) is 24.3 Å². The number of phenols is 1. The van der Waals surface area contributed by atoms with Crippen LogP contribution in [0.1, 0.15) is 12.0 Å². The molecule has 4 aromatic rings. The molecule has 5 rings (SSSR count). The van der Waals surface area contributed by atoms with Crippen molar-refractivity contribution in [3.63, 3.8) is 0 Å². The Morgan fingerprint density at radius 3 is 2.65 bits per heavy atom. The van der Waals surface area contributed by atoms with Crippen molar-refractivity contribution in [1.29, 1.82) is 0 Å². The lowest BCUT2D eigenvalue weighted by Crippen LogP contribution is -2.15. The Balaban J connectivity index is 1.58. The van der Waals surface area contributed by atoms with E-state index in [9.17, 15) is 14.3 Å². The quantitative estimate of drug-likeness (QED) is 0.472. The summed E-state index contributed by atoms with van der Waals surface area (Å²) in [4.78, 5) is 21.3. The molecule has 0 saturated heterocycles. The molecule has 0 atom stereocenters. The maximum atomic E-state index is 13.3. The molecular weight excluding hydrogens is 395 g/mol. The Kier molecular flexibility index (Phi) is 4.55. The third kappa shape index (κ3) is 3.69. The molecule has 0 fully saturated rings. The van der Waals surface area contributed by atoms with Gasteiger partial charge in [0, 0.05) is 29.7 Å². The lowest BCUT2D eigenvalue weighted by atomic mass is 10.0. The number of aromatic nitrogens is 2. The molecule has 6 nitrogen and oxygen atoms in total. The molecule has 0 saturated carbocycles. The lowest BCUT2D eigenvalue weighted by Gasteiger charge is -2.11. The minimum Gasteiger partial charge on any atom is -0.507 e. The van der Waals surface area contributed by atoms with Gasteiger partial charge in [-0.2, -0.15) is 0 Å². The van der Waals surface area contributed by atoms with Crippen LogP contribution >= 0.6 is 0 Å². The number of rotatable bonds is 3. The smallest absolute Gasteiger partial charge is 0.230 e. The predicted molar refractivity (Wildman–Crippen MR) is 117 cm³/mol. The number of halogens is 1. The number of anilines is 1. The third-order valence-electron chi connectivity index (χ3n) is 5.11. The van der Waals surface area contributed by atoms with Crippen LogP contribution in [0.5, 0.6) is 5.75 Å². The van der Waals surface area contributed by atoms with Crippen molar-refractivity contribution in [3.8, 4) is 22.6 Å². The summed E-state index contributed by atoms with van der Waals surface area (Å²) in [6.45, 7) is 0. The van der Waals surface area contributed by atoms with Gasteiger partial charge in [0.2, 0.25) is 5.91 Å². The van der Waals surface area contributed by atoms with Gasteiger partial charge >= 0.3 is 0 Å². The van der Waals surface area contributed by atoms with Crippen molar-refractivity contribution in [2.45, 2.75) is 6.42 Å². The van der Waals surface area contributed by atoms with E-state index in [1.807, 2.05) is 35.0 Å². The van der Waals surface area contributed by atoms with Gasteiger partial charge in [0.05, 0.1) is 29.8 Å². The highest BCUT2D eigenvalue weighted by molar-refractivity contribution is 6.17. The van der Waals surface area contributed by atoms with E-state index in [4.69, 9.17) is 0 Å². The molecule has 2 heterocycles. The molecule has 1 aliphatic rings. The molecule has 0 radical (unpaired) electrons. The van der Waals surface area contributed by atoms with Crippen LogP contribution in [-0.2, 0) is 4.79 Å². The normalized spacial score (nSPS) is 13.2. The van der Waals surface area contributed by atoms with Crippen LogP contribution in [-0.4, -0.2) is 26.3 Å². The number of fused-ring (bicyclic) bond motifs is 1. The molecule has 0 bridgehead atoms. The van der Waals surface area contributed by atoms with Crippen molar-refractivity contribution in [2.75, 3.05) is 5.32 Å². The molecule has 2 N–H and O–H groups in total. The lowest BCUT2D eigenvalue weighted by molar-refractivity contribution is -0.115. The van der Waals surface area contributed by atoms with E-state index in [1.54, 1.807) is 30.7 Å². The van der Waals surface area contributed by atoms with E-state index in [0.717, 1.165) is 11.3 Å². The summed E-state index contributed by atoms with van der Waals surface area (Å²) >= 11 is 0. The van der Waals surface area contributed by atoms with Gasteiger partial charge in [-0.3, -0.25) is 4.79 Å². The molecular formula is C24H17FN4O2. The molecule has 0 aliphatic carbocycles. The highest BCUT2D eigenvalue weighted by Crippen LogP contribution is 2.40. The summed E-state index contributed by atoms with van der Waals surface area (Å²) in [7, 11) is 0. The number of hydrogen-bond acceptors (Lipinski definition) is 4. The van der Waals surface area contributed by atoms with Crippen LogP contribution in [0.15, 0.2) is 84.4 Å². The minimum absolute atomic E-state index is 0.00299. The van der Waals surface area contributed by atoms with Gasteiger partial charge in [-0.15, -0.1) is 0 Å². The van der Waals surface area contributed by atoms with Gasteiger partial charge in [-0.05, 0) is 41.5 Å². The number of aliphatic imine (C=N–C) groups is 1. The Labute approximate surface area is 177 Å². The summed E-state index contributed by atoms with van der Waals surface area (Å²) in [5.74, 6) is -0.573. The molecule has 7 heteroatoms. The molecule has 152 valence electrons. The molecule has 1 aliphatic heterocycles. The highest BCUT2D eigenvalue weighted by Gasteiger charge is 2.20. The number of benzene rings is 3.